The van der Waals surface area contributed by atoms with Gasteiger partial charge in [-0.1, -0.05) is 30.3 Å². The first-order valence-corrected chi connectivity index (χ1v) is 12.6. The van der Waals surface area contributed by atoms with Crippen molar-refractivity contribution in [2.45, 2.75) is 36.5 Å². The number of imidazole rings is 1. The molecule has 0 saturated heterocycles. The zero-order valence-electron chi connectivity index (χ0n) is 16.0. The Hall–Kier alpha value is -1.59. The lowest BCUT2D eigenvalue weighted by molar-refractivity contribution is -0.127. The number of fused-ring (bicyclic) bond motifs is 1. The van der Waals surface area contributed by atoms with Crippen molar-refractivity contribution in [1.29, 1.82) is 0 Å². The van der Waals surface area contributed by atoms with Crippen molar-refractivity contribution >= 4 is 61.7 Å². The molecule has 2 heterocycles. The van der Waals surface area contributed by atoms with Crippen LogP contribution in [0.2, 0.25) is 4.34 Å². The molecule has 0 fully saturated rings. The van der Waals surface area contributed by atoms with Crippen molar-refractivity contribution in [2.75, 3.05) is 12.8 Å². The number of amides is 1. The zero-order valence-corrected chi connectivity index (χ0v) is 19.2. The fraction of sp³-hybridized carbons (Fsp3) is 0.333. The molecule has 2 aromatic heterocycles. The van der Waals surface area contributed by atoms with Gasteiger partial charge in [-0.15, -0.1) is 11.3 Å². The van der Waals surface area contributed by atoms with Gasteiger partial charge in [0.15, 0.2) is 5.16 Å². The second-order valence-corrected chi connectivity index (χ2v) is 10.8. The maximum absolute atomic E-state index is 12.5. The number of primary sulfonamides is 1. The highest BCUT2D eigenvalue weighted by atomic mass is 35.5. The van der Waals surface area contributed by atoms with Gasteiger partial charge < -0.3 is 9.47 Å². The number of sulfonamides is 1. The largest absolute Gasteiger partial charge is 0.340 e. The van der Waals surface area contributed by atoms with E-state index in [1.807, 2.05) is 23.6 Å². The van der Waals surface area contributed by atoms with Gasteiger partial charge in [-0.05, 0) is 36.8 Å². The van der Waals surface area contributed by atoms with Crippen molar-refractivity contribution in [2.24, 2.45) is 5.14 Å². The lowest BCUT2D eigenvalue weighted by atomic mass is 10.3. The summed E-state index contributed by atoms with van der Waals surface area (Å²) in [7, 11) is -2.05. The van der Waals surface area contributed by atoms with Gasteiger partial charge in [-0.3, -0.25) is 4.79 Å². The summed E-state index contributed by atoms with van der Waals surface area (Å²) in [6, 6.07) is 8.38. The fourth-order valence-electron chi connectivity index (χ4n) is 2.81. The molecular weight excluding hydrogens is 452 g/mol. The van der Waals surface area contributed by atoms with Gasteiger partial charge in [0.05, 0.1) is 32.6 Å². The number of nitrogens with two attached hydrogens (primary N) is 1. The highest BCUT2D eigenvalue weighted by molar-refractivity contribution is 7.99. The predicted octanol–water partition coefficient (Wildman–Crippen LogP) is 3.56. The molecule has 0 aliphatic carbocycles. The van der Waals surface area contributed by atoms with Crippen LogP contribution in [0.25, 0.3) is 11.0 Å². The van der Waals surface area contributed by atoms with Crippen molar-refractivity contribution in [3.05, 3.63) is 39.5 Å². The Morgan fingerprint density at radius 1 is 1.34 bits per heavy atom. The van der Waals surface area contributed by atoms with Crippen molar-refractivity contribution < 1.29 is 13.2 Å². The molecule has 1 aromatic carbocycles. The van der Waals surface area contributed by atoms with Crippen LogP contribution in [-0.4, -0.2) is 41.6 Å². The molecule has 156 valence electrons. The maximum Gasteiger partial charge on any atom is 0.238 e. The minimum absolute atomic E-state index is 0.0214. The van der Waals surface area contributed by atoms with E-state index in [0.29, 0.717) is 28.1 Å². The summed E-state index contributed by atoms with van der Waals surface area (Å²) in [5.74, 6) is 0.199. The van der Waals surface area contributed by atoms with Crippen LogP contribution < -0.4 is 5.14 Å². The number of benzene rings is 1. The van der Waals surface area contributed by atoms with E-state index < -0.39 is 10.0 Å². The van der Waals surface area contributed by atoms with Crippen LogP contribution in [0.1, 0.15) is 18.2 Å². The van der Waals surface area contributed by atoms with E-state index in [1.54, 1.807) is 18.0 Å². The second kappa shape index (κ2) is 9.05. The van der Waals surface area contributed by atoms with Crippen molar-refractivity contribution in [1.82, 2.24) is 14.5 Å². The Morgan fingerprint density at radius 3 is 2.72 bits per heavy atom. The van der Waals surface area contributed by atoms with Crippen LogP contribution in [-0.2, 0) is 27.9 Å². The number of halogens is 1. The average molecular weight is 473 g/mol. The maximum atomic E-state index is 12.5. The lowest BCUT2D eigenvalue weighted by Gasteiger charge is -2.16. The minimum Gasteiger partial charge on any atom is -0.340 e. The highest BCUT2D eigenvalue weighted by Gasteiger charge is 2.17. The number of nitrogens with zero attached hydrogens (tertiary/aromatic N) is 3. The Morgan fingerprint density at radius 2 is 2.10 bits per heavy atom. The first-order valence-electron chi connectivity index (χ1n) is 8.83. The average Bonchev–Trinajstić information content (AvgIpc) is 3.22. The lowest BCUT2D eigenvalue weighted by Crippen LogP contribution is -2.27. The first-order chi connectivity index (χ1) is 13.7. The second-order valence-electron chi connectivity index (χ2n) is 6.49. The molecule has 11 heteroatoms. The molecule has 0 saturated carbocycles. The van der Waals surface area contributed by atoms with Crippen LogP contribution in [0.4, 0.5) is 0 Å². The number of rotatable bonds is 8. The number of aromatic nitrogens is 2. The zero-order chi connectivity index (χ0) is 21.2. The van der Waals surface area contributed by atoms with Crippen LogP contribution in [0.3, 0.4) is 0 Å². The Bertz CT molecular complexity index is 1140. The molecule has 3 aromatic rings. The predicted molar refractivity (Wildman–Crippen MR) is 118 cm³/mol. The van der Waals surface area contributed by atoms with E-state index in [0.717, 1.165) is 16.8 Å². The van der Waals surface area contributed by atoms with Gasteiger partial charge in [-0.2, -0.15) is 0 Å². The molecular formula is C18H21ClN4O3S3. The van der Waals surface area contributed by atoms with E-state index in [4.69, 9.17) is 16.7 Å². The fourth-order valence-corrected chi connectivity index (χ4v) is 5.47. The standard InChI is InChI=1S/C18H21ClN4O3S3/c1-3-8-23-15-6-5-13(29(20,25)26)9-14(15)21-18(23)27-11-17(24)22(2)10-12-4-7-16(19)28-12/h4-7,9H,3,8,10-11H2,1-2H3,(H2,20,25,26). The number of thiophene rings is 1. The SMILES string of the molecule is CCCn1c(SCC(=O)N(C)Cc2ccc(Cl)s2)nc2cc(S(N)(=O)=O)ccc21. The molecule has 0 radical (unpaired) electrons. The van der Waals surface area contributed by atoms with Gasteiger partial charge in [0.25, 0.3) is 0 Å². The van der Waals surface area contributed by atoms with Gasteiger partial charge in [0, 0.05) is 18.5 Å². The number of thioether (sulfide) groups is 1. The first kappa shape index (κ1) is 22.1. The molecule has 1 amide bonds. The summed E-state index contributed by atoms with van der Waals surface area (Å²) in [6.45, 7) is 3.26. The van der Waals surface area contributed by atoms with E-state index in [2.05, 4.69) is 4.98 Å². The Kier molecular flexibility index (Phi) is 6.90. The van der Waals surface area contributed by atoms with Gasteiger partial charge in [0.2, 0.25) is 15.9 Å². The highest BCUT2D eigenvalue weighted by Crippen LogP contribution is 2.27. The normalized spacial score (nSPS) is 11.9. The molecule has 0 aliphatic rings. The number of carbonyl (C=O) groups excluding carboxylic acids is 1. The molecule has 0 atom stereocenters. The van der Waals surface area contributed by atoms with E-state index in [9.17, 15) is 13.2 Å². The quantitative estimate of drug-likeness (QED) is 0.505. The number of aryl methyl sites for hydroxylation is 1. The van der Waals surface area contributed by atoms with Gasteiger partial charge in [-0.25, -0.2) is 18.5 Å². The third-order valence-corrected chi connectivity index (χ3v) is 7.32. The summed E-state index contributed by atoms with van der Waals surface area (Å²) in [6.07, 6.45) is 0.878. The summed E-state index contributed by atoms with van der Waals surface area (Å²) in [5.41, 5.74) is 1.36. The van der Waals surface area contributed by atoms with E-state index in [1.165, 1.54) is 35.2 Å². The molecule has 0 aliphatic heterocycles. The number of hydrogen-bond acceptors (Lipinski definition) is 6. The molecule has 29 heavy (non-hydrogen) atoms. The van der Waals surface area contributed by atoms with Crippen molar-refractivity contribution in [3.63, 3.8) is 0 Å². The molecule has 0 unspecified atom stereocenters. The monoisotopic (exact) mass is 472 g/mol. The van der Waals surface area contributed by atoms with Gasteiger partial charge in [0.1, 0.15) is 0 Å². The Labute approximate surface area is 182 Å². The third-order valence-electron chi connectivity index (χ3n) is 4.23. The minimum atomic E-state index is -3.80. The Balaban J connectivity index is 1.77. The summed E-state index contributed by atoms with van der Waals surface area (Å²) in [5, 5.41) is 5.90. The van der Waals surface area contributed by atoms with Crippen LogP contribution in [0.5, 0.6) is 0 Å². The van der Waals surface area contributed by atoms with Crippen LogP contribution >= 0.6 is 34.7 Å². The summed E-state index contributed by atoms with van der Waals surface area (Å²) in [4.78, 5) is 19.8. The van der Waals surface area contributed by atoms with E-state index in [-0.39, 0.29) is 16.6 Å². The number of hydrogen-bond donors (Lipinski definition) is 1. The molecule has 2 N–H and O–H groups in total. The summed E-state index contributed by atoms with van der Waals surface area (Å²) < 4.78 is 25.9. The number of carbonyl (C=O) groups is 1. The molecule has 0 spiro atoms. The van der Waals surface area contributed by atoms with Crippen molar-refractivity contribution in [3.8, 4) is 0 Å². The molecule has 0 bridgehead atoms. The third kappa shape index (κ3) is 5.32. The van der Waals surface area contributed by atoms with E-state index >= 15 is 0 Å². The smallest absolute Gasteiger partial charge is 0.238 e. The van der Waals surface area contributed by atoms with Crippen LogP contribution in [0.15, 0.2) is 40.4 Å². The summed E-state index contributed by atoms with van der Waals surface area (Å²) >= 11 is 8.73. The molecule has 7 nitrogen and oxygen atoms in total. The van der Waals surface area contributed by atoms with Gasteiger partial charge >= 0.3 is 0 Å². The topological polar surface area (TPSA) is 98.3 Å². The van der Waals surface area contributed by atoms with Crippen LogP contribution in [0, 0.1) is 0 Å². The molecule has 3 rings (SSSR count).